The number of nitrogens with two attached hydrogens (primary N) is 1. The van der Waals surface area contributed by atoms with Crippen LogP contribution >= 0.6 is 12.2 Å². The molecule has 5 nitrogen and oxygen atoms in total. The third-order valence-corrected chi connectivity index (χ3v) is 4.35. The number of thiocarbonyl (C=S) groups is 1. The van der Waals surface area contributed by atoms with Crippen LogP contribution in [0.15, 0.2) is 24.3 Å². The number of nitrogens with zero attached hydrogens (tertiary/aromatic N) is 1. The number of benzene rings is 1. The fourth-order valence-corrected chi connectivity index (χ4v) is 2.88. The van der Waals surface area contributed by atoms with E-state index in [0.29, 0.717) is 11.3 Å². The maximum Gasteiger partial charge on any atom is 0.301 e. The molecule has 0 radical (unpaired) electrons. The topological polar surface area (TPSA) is 75.4 Å². The SMILES string of the molecule is CN(c1ccc(C(N)=S)cc1)S(=O)(=O)NC(C)(C)C. The molecule has 0 bridgehead atoms. The maximum absolute atomic E-state index is 12.1. The smallest absolute Gasteiger partial charge is 0.301 e. The van der Waals surface area contributed by atoms with E-state index < -0.39 is 15.7 Å². The molecule has 0 aromatic heterocycles. The van der Waals surface area contributed by atoms with Gasteiger partial charge in [0, 0.05) is 18.2 Å². The van der Waals surface area contributed by atoms with Gasteiger partial charge in [-0.2, -0.15) is 13.1 Å². The molecule has 1 rings (SSSR count). The summed E-state index contributed by atoms with van der Waals surface area (Å²) in [5, 5.41) is 0. The Morgan fingerprint density at radius 3 is 2.11 bits per heavy atom. The summed E-state index contributed by atoms with van der Waals surface area (Å²) < 4.78 is 28.0. The van der Waals surface area contributed by atoms with E-state index in [-0.39, 0.29) is 4.99 Å². The zero-order chi connectivity index (χ0) is 14.8. The van der Waals surface area contributed by atoms with E-state index in [2.05, 4.69) is 4.72 Å². The Kier molecular flexibility index (Phi) is 4.54. The molecular formula is C12H19N3O2S2. The van der Waals surface area contributed by atoms with E-state index in [1.165, 1.54) is 11.4 Å². The van der Waals surface area contributed by atoms with E-state index in [1.807, 2.05) is 0 Å². The first-order valence-corrected chi connectivity index (χ1v) is 7.55. The van der Waals surface area contributed by atoms with Gasteiger partial charge in [0.1, 0.15) is 4.99 Å². The Morgan fingerprint density at radius 1 is 1.26 bits per heavy atom. The van der Waals surface area contributed by atoms with Crippen molar-refractivity contribution in [1.82, 2.24) is 4.72 Å². The van der Waals surface area contributed by atoms with Gasteiger partial charge in [0.25, 0.3) is 0 Å². The van der Waals surface area contributed by atoms with Crippen molar-refractivity contribution in [3.8, 4) is 0 Å². The molecule has 0 fully saturated rings. The molecule has 1 aromatic carbocycles. The van der Waals surface area contributed by atoms with Gasteiger partial charge < -0.3 is 5.73 Å². The minimum atomic E-state index is -3.58. The molecule has 106 valence electrons. The molecule has 7 heteroatoms. The van der Waals surface area contributed by atoms with Crippen LogP contribution in [-0.2, 0) is 10.2 Å². The molecule has 0 atom stereocenters. The summed E-state index contributed by atoms with van der Waals surface area (Å²) in [6, 6.07) is 6.72. The third kappa shape index (κ3) is 4.45. The van der Waals surface area contributed by atoms with Gasteiger partial charge in [-0.1, -0.05) is 12.2 Å². The summed E-state index contributed by atoms with van der Waals surface area (Å²) in [4.78, 5) is 0.282. The van der Waals surface area contributed by atoms with Crippen molar-refractivity contribution < 1.29 is 8.42 Å². The minimum Gasteiger partial charge on any atom is -0.389 e. The first kappa shape index (κ1) is 15.9. The molecule has 0 aliphatic carbocycles. The molecule has 0 aliphatic heterocycles. The van der Waals surface area contributed by atoms with E-state index in [1.54, 1.807) is 45.0 Å². The molecule has 1 aromatic rings. The summed E-state index contributed by atoms with van der Waals surface area (Å²) in [5.41, 5.74) is 6.20. The molecule has 3 N–H and O–H groups in total. The van der Waals surface area contributed by atoms with Crippen LogP contribution in [0.25, 0.3) is 0 Å². The predicted octanol–water partition coefficient (Wildman–Crippen LogP) is 1.39. The molecule has 0 amide bonds. The highest BCUT2D eigenvalue weighted by Gasteiger charge is 2.24. The Labute approximate surface area is 120 Å². The quantitative estimate of drug-likeness (QED) is 0.824. The van der Waals surface area contributed by atoms with Crippen LogP contribution in [0.3, 0.4) is 0 Å². The van der Waals surface area contributed by atoms with E-state index in [9.17, 15) is 8.42 Å². The second-order valence-corrected chi connectivity index (χ2v) is 7.38. The second kappa shape index (κ2) is 5.44. The zero-order valence-corrected chi connectivity index (χ0v) is 13.1. The highest BCUT2D eigenvalue weighted by Crippen LogP contribution is 2.17. The average Bonchev–Trinajstić information content (AvgIpc) is 2.25. The predicted molar refractivity (Wildman–Crippen MR) is 82.5 cm³/mol. The van der Waals surface area contributed by atoms with Crippen LogP contribution in [0.4, 0.5) is 5.69 Å². The fourth-order valence-electron chi connectivity index (χ4n) is 1.43. The number of nitrogens with one attached hydrogen (secondary N) is 1. The normalized spacial score (nSPS) is 12.2. The highest BCUT2D eigenvalue weighted by molar-refractivity contribution is 7.90. The van der Waals surface area contributed by atoms with Crippen molar-refractivity contribution >= 4 is 33.1 Å². The summed E-state index contributed by atoms with van der Waals surface area (Å²) in [6.45, 7) is 5.36. The van der Waals surface area contributed by atoms with Gasteiger partial charge >= 0.3 is 10.2 Å². The molecule has 0 saturated heterocycles. The largest absolute Gasteiger partial charge is 0.389 e. The van der Waals surface area contributed by atoms with Crippen LogP contribution in [0, 0.1) is 0 Å². The Morgan fingerprint density at radius 2 is 1.74 bits per heavy atom. The summed E-state index contributed by atoms with van der Waals surface area (Å²) in [7, 11) is -2.09. The van der Waals surface area contributed by atoms with Gasteiger partial charge in [0.05, 0.1) is 5.69 Å². The number of rotatable bonds is 4. The van der Waals surface area contributed by atoms with Crippen molar-refractivity contribution in [1.29, 1.82) is 0 Å². The standard InChI is InChI=1S/C12H19N3O2S2/c1-12(2,3)14-19(16,17)15(4)10-7-5-9(6-8-10)11(13)18/h5-8,14H,1-4H3,(H2,13,18). The third-order valence-electron chi connectivity index (χ3n) is 2.31. The van der Waals surface area contributed by atoms with Gasteiger partial charge in [-0.25, -0.2) is 0 Å². The lowest BCUT2D eigenvalue weighted by Gasteiger charge is -2.26. The van der Waals surface area contributed by atoms with Crippen LogP contribution in [0.1, 0.15) is 26.3 Å². The Bertz CT molecular complexity index is 560. The zero-order valence-electron chi connectivity index (χ0n) is 11.5. The van der Waals surface area contributed by atoms with Gasteiger partial charge in [-0.05, 0) is 45.0 Å². The number of hydrogen-bond acceptors (Lipinski definition) is 3. The Hall–Kier alpha value is -1.18. The van der Waals surface area contributed by atoms with Crippen LogP contribution in [0.2, 0.25) is 0 Å². The van der Waals surface area contributed by atoms with Crippen molar-refractivity contribution in [2.24, 2.45) is 5.73 Å². The molecule has 0 unspecified atom stereocenters. The number of hydrogen-bond donors (Lipinski definition) is 2. The summed E-state index contributed by atoms with van der Waals surface area (Å²) in [5.74, 6) is 0. The first-order chi connectivity index (χ1) is 8.53. The van der Waals surface area contributed by atoms with E-state index in [0.717, 1.165) is 0 Å². The molecular weight excluding hydrogens is 282 g/mol. The van der Waals surface area contributed by atoms with Crippen molar-refractivity contribution in [3.05, 3.63) is 29.8 Å². The molecule has 19 heavy (non-hydrogen) atoms. The van der Waals surface area contributed by atoms with Crippen molar-refractivity contribution in [3.63, 3.8) is 0 Å². The van der Waals surface area contributed by atoms with Crippen LogP contribution in [0.5, 0.6) is 0 Å². The van der Waals surface area contributed by atoms with Crippen molar-refractivity contribution in [2.75, 3.05) is 11.4 Å². The lowest BCUT2D eigenvalue weighted by atomic mass is 10.1. The minimum absolute atomic E-state index is 0.282. The number of anilines is 1. The van der Waals surface area contributed by atoms with Gasteiger partial charge in [-0.15, -0.1) is 0 Å². The fraction of sp³-hybridized carbons (Fsp3) is 0.417. The molecule has 0 saturated carbocycles. The van der Waals surface area contributed by atoms with Gasteiger partial charge in [-0.3, -0.25) is 4.31 Å². The Balaban J connectivity index is 3.00. The van der Waals surface area contributed by atoms with Crippen molar-refractivity contribution in [2.45, 2.75) is 26.3 Å². The first-order valence-electron chi connectivity index (χ1n) is 5.71. The maximum atomic E-state index is 12.1. The molecule has 0 heterocycles. The van der Waals surface area contributed by atoms with Crippen LogP contribution < -0.4 is 14.8 Å². The monoisotopic (exact) mass is 301 g/mol. The summed E-state index contributed by atoms with van der Waals surface area (Å²) >= 11 is 4.85. The van der Waals surface area contributed by atoms with E-state index in [4.69, 9.17) is 18.0 Å². The molecule has 0 spiro atoms. The van der Waals surface area contributed by atoms with Gasteiger partial charge in [0.15, 0.2) is 0 Å². The van der Waals surface area contributed by atoms with Crippen LogP contribution in [-0.4, -0.2) is 26.0 Å². The second-order valence-electron chi connectivity index (χ2n) is 5.24. The average molecular weight is 301 g/mol. The lowest BCUT2D eigenvalue weighted by Crippen LogP contribution is -2.47. The highest BCUT2D eigenvalue weighted by atomic mass is 32.2. The van der Waals surface area contributed by atoms with Gasteiger partial charge in [0.2, 0.25) is 0 Å². The lowest BCUT2D eigenvalue weighted by molar-refractivity contribution is 0.490. The molecule has 0 aliphatic rings. The summed E-state index contributed by atoms with van der Waals surface area (Å²) in [6.07, 6.45) is 0. The van der Waals surface area contributed by atoms with E-state index >= 15 is 0 Å².